The minimum absolute atomic E-state index is 0.353. The average Bonchev–Trinajstić information content (AvgIpc) is 2.32. The van der Waals surface area contributed by atoms with E-state index in [-0.39, 0.29) is 5.82 Å². The van der Waals surface area contributed by atoms with Gasteiger partial charge in [-0.1, -0.05) is 29.8 Å². The first-order chi connectivity index (χ1) is 8.56. The first kappa shape index (κ1) is 12.9. The summed E-state index contributed by atoms with van der Waals surface area (Å²) in [6.45, 7) is 2.70. The second-order valence-electron chi connectivity index (χ2n) is 4.20. The van der Waals surface area contributed by atoms with Gasteiger partial charge >= 0.3 is 0 Å². The van der Waals surface area contributed by atoms with Gasteiger partial charge in [0.2, 0.25) is 0 Å². The highest BCUT2D eigenvalue weighted by Crippen LogP contribution is 2.27. The van der Waals surface area contributed by atoms with Crippen LogP contribution in [0.15, 0.2) is 40.9 Å². The Bertz CT molecular complexity index is 570. The lowest BCUT2D eigenvalue weighted by molar-refractivity contribution is 0.622. The fourth-order valence-electron chi connectivity index (χ4n) is 1.73. The molecule has 0 fully saturated rings. The van der Waals surface area contributed by atoms with Crippen molar-refractivity contribution in [3.8, 4) is 0 Å². The summed E-state index contributed by atoms with van der Waals surface area (Å²) < 4.78 is 13.6. The summed E-state index contributed by atoms with van der Waals surface area (Å²) in [5.41, 5.74) is 9.27. The van der Waals surface area contributed by atoms with E-state index in [1.165, 1.54) is 11.6 Å². The van der Waals surface area contributed by atoms with Gasteiger partial charge in [-0.25, -0.2) is 4.39 Å². The van der Waals surface area contributed by atoms with Gasteiger partial charge in [0.05, 0.1) is 15.8 Å². The van der Waals surface area contributed by atoms with E-state index >= 15 is 0 Å². The van der Waals surface area contributed by atoms with Gasteiger partial charge in [-0.05, 0) is 34.5 Å². The first-order valence-electron chi connectivity index (χ1n) is 5.60. The Morgan fingerprint density at radius 1 is 1.28 bits per heavy atom. The van der Waals surface area contributed by atoms with Crippen LogP contribution in [0.25, 0.3) is 0 Å². The quantitative estimate of drug-likeness (QED) is 0.838. The molecule has 0 aliphatic heterocycles. The Hall–Kier alpha value is -1.55. The van der Waals surface area contributed by atoms with Gasteiger partial charge in [0.15, 0.2) is 0 Å². The molecule has 0 atom stereocenters. The summed E-state index contributed by atoms with van der Waals surface area (Å²) in [5.74, 6) is -0.353. The maximum absolute atomic E-state index is 13.2. The Morgan fingerprint density at radius 3 is 2.78 bits per heavy atom. The van der Waals surface area contributed by atoms with Crippen LogP contribution in [0, 0.1) is 12.7 Å². The second-order valence-corrected chi connectivity index (χ2v) is 5.05. The fraction of sp³-hybridized carbons (Fsp3) is 0.143. The van der Waals surface area contributed by atoms with Gasteiger partial charge in [-0.3, -0.25) is 0 Å². The minimum Gasteiger partial charge on any atom is -0.397 e. The number of anilines is 2. The van der Waals surface area contributed by atoms with Gasteiger partial charge in [-0.15, -0.1) is 0 Å². The van der Waals surface area contributed by atoms with Crippen LogP contribution in [-0.4, -0.2) is 0 Å². The third-order valence-electron chi connectivity index (χ3n) is 2.66. The monoisotopic (exact) mass is 308 g/mol. The second kappa shape index (κ2) is 5.40. The predicted molar refractivity (Wildman–Crippen MR) is 77.0 cm³/mol. The van der Waals surface area contributed by atoms with Crippen molar-refractivity contribution in [1.29, 1.82) is 0 Å². The molecule has 0 aliphatic carbocycles. The van der Waals surface area contributed by atoms with Crippen molar-refractivity contribution in [3.05, 3.63) is 57.8 Å². The van der Waals surface area contributed by atoms with Crippen LogP contribution in [-0.2, 0) is 6.54 Å². The summed E-state index contributed by atoms with van der Waals surface area (Å²) in [4.78, 5) is 0. The normalized spacial score (nSPS) is 10.4. The van der Waals surface area contributed by atoms with Crippen LogP contribution < -0.4 is 11.1 Å². The Labute approximate surface area is 114 Å². The number of rotatable bonds is 3. The standard InChI is InChI=1S/C14H14BrFN2/c1-9-3-2-4-10(5-9)8-18-14-6-11(15)12(16)7-13(14)17/h2-7,18H,8,17H2,1H3. The Balaban J connectivity index is 2.13. The summed E-state index contributed by atoms with van der Waals surface area (Å²) in [6, 6.07) is 11.2. The van der Waals surface area contributed by atoms with Gasteiger partial charge in [0, 0.05) is 12.6 Å². The van der Waals surface area contributed by atoms with Crippen molar-refractivity contribution in [3.63, 3.8) is 0 Å². The topological polar surface area (TPSA) is 38.0 Å². The van der Waals surface area contributed by atoms with Crippen LogP contribution in [0.1, 0.15) is 11.1 Å². The third kappa shape index (κ3) is 3.01. The van der Waals surface area contributed by atoms with E-state index in [0.29, 0.717) is 16.7 Å². The van der Waals surface area contributed by atoms with E-state index in [1.54, 1.807) is 6.07 Å². The van der Waals surface area contributed by atoms with Gasteiger partial charge in [0.1, 0.15) is 5.82 Å². The zero-order chi connectivity index (χ0) is 13.1. The average molecular weight is 309 g/mol. The van der Waals surface area contributed by atoms with Crippen molar-refractivity contribution in [2.45, 2.75) is 13.5 Å². The molecule has 0 aromatic heterocycles. The molecule has 0 spiro atoms. The number of nitrogens with one attached hydrogen (secondary N) is 1. The number of hydrogen-bond donors (Lipinski definition) is 2. The molecule has 18 heavy (non-hydrogen) atoms. The zero-order valence-corrected chi connectivity index (χ0v) is 11.6. The molecule has 0 radical (unpaired) electrons. The lowest BCUT2D eigenvalue weighted by Crippen LogP contribution is -2.03. The molecule has 0 unspecified atom stereocenters. The van der Waals surface area contributed by atoms with Crippen LogP contribution in [0.3, 0.4) is 0 Å². The molecular formula is C14H14BrFN2. The number of halogens is 2. The van der Waals surface area contributed by atoms with Crippen molar-refractivity contribution in [1.82, 2.24) is 0 Å². The van der Waals surface area contributed by atoms with E-state index < -0.39 is 0 Å². The Morgan fingerprint density at radius 2 is 2.06 bits per heavy atom. The number of hydrogen-bond acceptors (Lipinski definition) is 2. The molecule has 0 bridgehead atoms. The molecule has 0 aliphatic rings. The maximum Gasteiger partial charge on any atom is 0.139 e. The van der Waals surface area contributed by atoms with E-state index in [1.807, 2.05) is 25.1 Å². The summed E-state index contributed by atoms with van der Waals surface area (Å²) in [7, 11) is 0. The number of nitrogens with two attached hydrogens (primary N) is 1. The van der Waals surface area contributed by atoms with Gasteiger partial charge < -0.3 is 11.1 Å². The van der Waals surface area contributed by atoms with Crippen molar-refractivity contribution >= 4 is 27.3 Å². The summed E-state index contributed by atoms with van der Waals surface area (Å²) >= 11 is 3.15. The van der Waals surface area contributed by atoms with E-state index in [2.05, 4.69) is 27.3 Å². The highest BCUT2D eigenvalue weighted by molar-refractivity contribution is 9.10. The predicted octanol–water partition coefficient (Wildman–Crippen LogP) is 4.09. The number of benzene rings is 2. The molecule has 0 amide bonds. The Kier molecular flexibility index (Phi) is 3.87. The fourth-order valence-corrected chi connectivity index (χ4v) is 2.08. The molecule has 2 rings (SSSR count). The number of nitrogen functional groups attached to an aromatic ring is 1. The molecule has 0 heterocycles. The molecule has 3 N–H and O–H groups in total. The maximum atomic E-state index is 13.2. The SMILES string of the molecule is Cc1cccc(CNc2cc(Br)c(F)cc2N)c1. The lowest BCUT2D eigenvalue weighted by atomic mass is 10.1. The highest BCUT2D eigenvalue weighted by atomic mass is 79.9. The largest absolute Gasteiger partial charge is 0.397 e. The van der Waals surface area contributed by atoms with Gasteiger partial charge in [-0.2, -0.15) is 0 Å². The molecule has 4 heteroatoms. The molecule has 2 aromatic rings. The summed E-state index contributed by atoms with van der Waals surface area (Å²) in [6.07, 6.45) is 0. The molecule has 0 saturated carbocycles. The van der Waals surface area contributed by atoms with Crippen LogP contribution in [0.2, 0.25) is 0 Å². The van der Waals surface area contributed by atoms with Crippen LogP contribution in [0.4, 0.5) is 15.8 Å². The van der Waals surface area contributed by atoms with Gasteiger partial charge in [0.25, 0.3) is 0 Å². The first-order valence-corrected chi connectivity index (χ1v) is 6.39. The molecule has 2 nitrogen and oxygen atoms in total. The highest BCUT2D eigenvalue weighted by Gasteiger charge is 2.05. The van der Waals surface area contributed by atoms with E-state index in [4.69, 9.17) is 5.73 Å². The van der Waals surface area contributed by atoms with E-state index in [9.17, 15) is 4.39 Å². The van der Waals surface area contributed by atoms with E-state index in [0.717, 1.165) is 11.3 Å². The smallest absolute Gasteiger partial charge is 0.139 e. The molecule has 0 saturated heterocycles. The molecular weight excluding hydrogens is 295 g/mol. The van der Waals surface area contributed by atoms with Crippen LogP contribution >= 0.6 is 15.9 Å². The molecule has 2 aromatic carbocycles. The lowest BCUT2D eigenvalue weighted by Gasteiger charge is -2.11. The molecule has 94 valence electrons. The summed E-state index contributed by atoms with van der Waals surface area (Å²) in [5, 5.41) is 3.20. The third-order valence-corrected chi connectivity index (χ3v) is 3.27. The minimum atomic E-state index is -0.353. The number of aryl methyl sites for hydroxylation is 1. The van der Waals surface area contributed by atoms with Crippen molar-refractivity contribution < 1.29 is 4.39 Å². The van der Waals surface area contributed by atoms with Crippen LogP contribution in [0.5, 0.6) is 0 Å². The zero-order valence-electron chi connectivity index (χ0n) is 10.0. The van der Waals surface area contributed by atoms with Crippen molar-refractivity contribution in [2.24, 2.45) is 0 Å². The van der Waals surface area contributed by atoms with Crippen molar-refractivity contribution in [2.75, 3.05) is 11.1 Å².